The second-order valence-corrected chi connectivity index (χ2v) is 34.3. The number of benzene rings is 8. The SMILES string of the molecule is Cc1ccc2c(oc3ncccc32)c1N1c2cccnc2N(c2ccccc2)C1C.Cc1ccc2c(oc3ncccc32)c1N1c2ncccc2N(c2ccccc2)C1C.Cc1ccc2c(oc3ncccc32)c1N1c2nccnc2N(c2ccccc2)C1C.[2H]C(C)(C)N1C=CN(c2c(C)ccc3c2oc2ncccc23)C1C.[2H]C([2H])([2H])N1C=CN(c2c(C)ccc3c2oc2ncccc23)C1C. The molecule has 5 atom stereocenters. The van der Waals surface area contributed by atoms with Gasteiger partial charge < -0.3 is 61.3 Å². The van der Waals surface area contributed by atoms with E-state index in [1.54, 1.807) is 55.8 Å². The van der Waals surface area contributed by atoms with Crippen LogP contribution in [0, 0.1) is 34.6 Å². The first-order valence-corrected chi connectivity index (χ1v) is 44.9. The van der Waals surface area contributed by atoms with E-state index in [2.05, 4.69) is 253 Å². The number of anilines is 14. The van der Waals surface area contributed by atoms with Gasteiger partial charge in [-0.25, -0.2) is 44.9 Å². The first kappa shape index (κ1) is 78.4. The lowest BCUT2D eigenvalue weighted by Gasteiger charge is -2.33. The number of pyridine rings is 7. The third-order valence-corrected chi connectivity index (χ3v) is 26.1. The molecule has 662 valence electrons. The number of rotatable bonds is 9. The van der Waals surface area contributed by atoms with Crippen LogP contribution in [0.4, 0.5) is 80.1 Å². The highest BCUT2D eigenvalue weighted by molar-refractivity contribution is 6.14. The second kappa shape index (κ2) is 33.7. The number of fused-ring (bicyclic) bond motifs is 18. The van der Waals surface area contributed by atoms with Crippen LogP contribution in [-0.2, 0) is 0 Å². The Hall–Kier alpha value is -16.6. The zero-order chi connectivity index (χ0) is 94.8. The molecule has 5 aliphatic heterocycles. The number of hydrogen-bond donors (Lipinski definition) is 0. The van der Waals surface area contributed by atoms with Gasteiger partial charge >= 0.3 is 0 Å². The summed E-state index contributed by atoms with van der Waals surface area (Å²) in [7, 11) is 0. The lowest BCUT2D eigenvalue weighted by Crippen LogP contribution is -2.39. The Kier molecular flexibility index (Phi) is 19.7. The van der Waals surface area contributed by atoms with Gasteiger partial charge in [-0.15, -0.1) is 0 Å². The molecule has 8 aromatic carbocycles. The van der Waals surface area contributed by atoms with Crippen molar-refractivity contribution in [2.75, 3.05) is 46.2 Å². The molecule has 0 radical (unpaired) electrons. The van der Waals surface area contributed by atoms with Gasteiger partial charge in [-0.2, -0.15) is 0 Å². The summed E-state index contributed by atoms with van der Waals surface area (Å²) in [5.74, 6) is 3.53. The van der Waals surface area contributed by atoms with E-state index >= 15 is 0 Å². The Labute approximate surface area is 779 Å². The molecule has 0 bridgehead atoms. The number of aromatic nitrogens is 9. The summed E-state index contributed by atoms with van der Waals surface area (Å²) in [5, 5.41) is 10.3. The number of nitrogens with zero attached hydrogens (tertiary/aromatic N) is 19. The minimum Gasteiger partial charge on any atom is -0.435 e. The molecule has 0 spiro atoms. The number of aryl methyl sites for hydroxylation is 5. The van der Waals surface area contributed by atoms with E-state index < -0.39 is 13.0 Å². The van der Waals surface area contributed by atoms with Gasteiger partial charge in [0.1, 0.15) is 30.8 Å². The summed E-state index contributed by atoms with van der Waals surface area (Å²) >= 11 is 0. The molecule has 24 nitrogen and oxygen atoms in total. The quantitative estimate of drug-likeness (QED) is 0.131. The summed E-state index contributed by atoms with van der Waals surface area (Å²) in [6, 6.07) is 79.6. The lowest BCUT2D eigenvalue weighted by atomic mass is 10.1. The molecule has 5 aliphatic rings. The van der Waals surface area contributed by atoms with Crippen LogP contribution in [0.3, 0.4) is 0 Å². The Morgan fingerprint density at radius 2 is 0.552 bits per heavy atom. The molecule has 5 unspecified atom stereocenters. The smallest absolute Gasteiger partial charge is 0.227 e. The predicted octanol–water partition coefficient (Wildman–Crippen LogP) is 26.9. The van der Waals surface area contributed by atoms with Crippen molar-refractivity contribution in [3.63, 3.8) is 0 Å². The van der Waals surface area contributed by atoms with Crippen LogP contribution in [0.25, 0.3) is 110 Å². The van der Waals surface area contributed by atoms with Gasteiger partial charge in [0, 0.05) is 169 Å². The number of hydrogen-bond acceptors (Lipinski definition) is 24. The fraction of sp³-hybridized carbons (Fsp3) is 0.173. The van der Waals surface area contributed by atoms with E-state index in [0.717, 1.165) is 190 Å². The van der Waals surface area contributed by atoms with Gasteiger partial charge in [0.2, 0.25) is 28.6 Å². The third-order valence-electron chi connectivity index (χ3n) is 26.1. The van der Waals surface area contributed by atoms with E-state index in [4.69, 9.17) is 42.5 Å². The molecule has 0 N–H and O–H groups in total. The van der Waals surface area contributed by atoms with E-state index in [9.17, 15) is 0 Å². The fourth-order valence-electron chi connectivity index (χ4n) is 19.8. The third kappa shape index (κ3) is 13.8. The second-order valence-electron chi connectivity index (χ2n) is 34.3. The van der Waals surface area contributed by atoms with E-state index in [1.165, 1.54) is 4.90 Å². The van der Waals surface area contributed by atoms with Crippen LogP contribution in [0.2, 0.25) is 0 Å². The van der Waals surface area contributed by atoms with Crippen LogP contribution in [0.5, 0.6) is 0 Å². The normalized spacial score (nSPS) is 17.2. The van der Waals surface area contributed by atoms with Gasteiger partial charge in [-0.1, -0.05) is 115 Å². The van der Waals surface area contributed by atoms with Crippen molar-refractivity contribution in [1.82, 2.24) is 54.7 Å². The molecule has 26 rings (SSSR count). The van der Waals surface area contributed by atoms with Gasteiger partial charge in [-0.3, -0.25) is 9.80 Å². The molecule has 0 amide bonds. The van der Waals surface area contributed by atoms with Crippen LogP contribution in [0.15, 0.2) is 339 Å². The maximum Gasteiger partial charge on any atom is 0.227 e. The summed E-state index contributed by atoms with van der Waals surface area (Å²) in [4.78, 5) is 62.0. The first-order chi connectivity index (χ1) is 67.0. The highest BCUT2D eigenvalue weighted by atomic mass is 16.4. The van der Waals surface area contributed by atoms with Crippen molar-refractivity contribution in [3.8, 4) is 0 Å². The van der Waals surface area contributed by atoms with Crippen molar-refractivity contribution >= 4 is 190 Å². The average molecular weight is 1770 g/mol. The van der Waals surface area contributed by atoms with Crippen LogP contribution < -0.4 is 39.2 Å². The van der Waals surface area contributed by atoms with Gasteiger partial charge in [0.05, 0.1) is 41.2 Å². The van der Waals surface area contributed by atoms with Crippen molar-refractivity contribution in [2.45, 2.75) is 120 Å². The molecule has 18 heterocycles. The van der Waals surface area contributed by atoms with Crippen molar-refractivity contribution < 1.29 is 27.6 Å². The molecule has 0 aliphatic carbocycles. The maximum atomic E-state index is 8.33. The Morgan fingerprint density at radius 3 is 0.933 bits per heavy atom. The molecular formula is C110H97N19O5. The minimum atomic E-state index is -2.18. The van der Waals surface area contributed by atoms with E-state index in [1.807, 2.05) is 165 Å². The summed E-state index contributed by atoms with van der Waals surface area (Å²) in [6.45, 7) is 22.6. The molecule has 13 aromatic heterocycles. The fourth-order valence-corrected chi connectivity index (χ4v) is 19.8. The minimum absolute atomic E-state index is 0.0303. The molecule has 134 heavy (non-hydrogen) atoms. The standard InChI is InChI=1S/2C25H20N4O.C24H19N5O.C19H21N3O.C17H17N3O/c1-16-12-13-19-20-10-6-15-27-25(20)30-23(19)22(16)29-17(2)28(18-8-4-3-5-9-18)24-21(29)11-7-14-26-24;1-16-12-13-19-20-10-6-15-27-25(20)30-23(19)22(16)29-17(2)28(18-8-4-3-5-9-18)21-11-7-14-26-24(21)29;1-15-10-11-18-19-9-6-12-27-24(19)30-21(18)20(15)29-16(2)28(17-7-4-3-5-8-17)22-23(29)26-14-13-25-22;1-12(2)21-10-11-22(14(21)4)17-13(3)7-8-15-16-6-5-9-20-19(16)23-18(15)17;1-11-6-7-13-14-5-4-8-18-17(14)21-16(13)15(11)20-10-9-19(3)12(20)2/h2*3-15,17H,1-2H3;3-14,16H,1-2H3;5-12,14H,1-4H3;4-10,12H,1-3H3/i;;;12D;3D3. The van der Waals surface area contributed by atoms with Gasteiger partial charge in [0.25, 0.3) is 0 Å². The van der Waals surface area contributed by atoms with Crippen LogP contribution in [0.1, 0.15) is 81.8 Å². The van der Waals surface area contributed by atoms with Crippen LogP contribution in [-0.4, -0.2) is 98.5 Å². The first-order valence-electron chi connectivity index (χ1n) is 46.9. The molecule has 21 aromatic rings. The Balaban J connectivity index is 0.0000001000. The largest absolute Gasteiger partial charge is 0.435 e. The van der Waals surface area contributed by atoms with Crippen molar-refractivity contribution in [1.29, 1.82) is 0 Å². The van der Waals surface area contributed by atoms with Gasteiger partial charge in [0.15, 0.2) is 51.2 Å². The van der Waals surface area contributed by atoms with E-state index in [-0.39, 0.29) is 30.8 Å². The molecule has 0 saturated carbocycles. The van der Waals surface area contributed by atoms with Crippen molar-refractivity contribution in [3.05, 3.63) is 345 Å². The average Bonchev–Trinajstić information content (AvgIpc) is 1.58. The highest BCUT2D eigenvalue weighted by Crippen LogP contribution is 2.55. The zero-order valence-electron chi connectivity index (χ0n) is 79.9. The summed E-state index contributed by atoms with van der Waals surface area (Å²) in [5.41, 5.74) is 23.4. The molecule has 0 saturated heterocycles. The lowest BCUT2D eigenvalue weighted by molar-refractivity contribution is 0.263. The number of furan rings is 5. The highest BCUT2D eigenvalue weighted by Gasteiger charge is 2.43. The predicted molar refractivity (Wildman–Crippen MR) is 539 cm³/mol. The summed E-state index contributed by atoms with van der Waals surface area (Å²) < 4.78 is 62.3. The molecule has 24 heteroatoms. The summed E-state index contributed by atoms with van der Waals surface area (Å²) in [6.07, 6.45) is 23.1. The molecular weight excluding hydrogens is 1670 g/mol. The maximum absolute atomic E-state index is 8.33. The Bertz CT molecular complexity index is 7660. The van der Waals surface area contributed by atoms with Crippen LogP contribution >= 0.6 is 0 Å². The van der Waals surface area contributed by atoms with Gasteiger partial charge in [-0.05, 0) is 232 Å². The monoisotopic (exact) mass is 1770 g/mol. The van der Waals surface area contributed by atoms with E-state index in [0.29, 0.717) is 28.6 Å². The molecule has 0 fully saturated rings. The topological polar surface area (TPSA) is 214 Å². The van der Waals surface area contributed by atoms with Crippen molar-refractivity contribution in [2.24, 2.45) is 0 Å². The Morgan fingerprint density at radius 1 is 0.261 bits per heavy atom. The zero-order valence-corrected chi connectivity index (χ0v) is 75.9. The number of para-hydroxylation sites is 3.